The molecular weight excluding hydrogens is 316 g/mol. The highest BCUT2D eigenvalue weighted by molar-refractivity contribution is 5.91. The fourth-order valence-electron chi connectivity index (χ4n) is 3.18. The van der Waals surface area contributed by atoms with E-state index in [-0.39, 0.29) is 17.8 Å². The summed E-state index contributed by atoms with van der Waals surface area (Å²) in [5.41, 5.74) is 3.77. The lowest BCUT2D eigenvalue weighted by Gasteiger charge is -2.17. The molecule has 1 N–H and O–H groups in total. The summed E-state index contributed by atoms with van der Waals surface area (Å²) in [5.74, 6) is 0.887. The molecule has 0 radical (unpaired) electrons. The van der Waals surface area contributed by atoms with Gasteiger partial charge in [0.1, 0.15) is 0 Å². The molecule has 128 valence electrons. The molecule has 0 spiro atoms. The molecule has 4 rings (SSSR count). The van der Waals surface area contributed by atoms with Gasteiger partial charge in [-0.3, -0.25) is 14.2 Å². The van der Waals surface area contributed by atoms with E-state index in [1.54, 1.807) is 10.6 Å². The lowest BCUT2D eigenvalue weighted by molar-refractivity contribution is 0.0918. The molecule has 0 unspecified atom stereocenters. The van der Waals surface area contributed by atoms with E-state index in [1.807, 2.05) is 39.0 Å². The van der Waals surface area contributed by atoms with Crippen LogP contribution in [0.2, 0.25) is 0 Å². The number of aryl methyl sites for hydroxylation is 3. The molecule has 1 fully saturated rings. The lowest BCUT2D eigenvalue weighted by atomic mass is 10.1. The summed E-state index contributed by atoms with van der Waals surface area (Å²) in [6.07, 6.45) is 3.98. The zero-order chi connectivity index (χ0) is 17.6. The van der Waals surface area contributed by atoms with Crippen LogP contribution in [-0.2, 0) is 0 Å². The van der Waals surface area contributed by atoms with Crippen LogP contribution in [0, 0.1) is 26.7 Å². The third kappa shape index (κ3) is 2.97. The van der Waals surface area contributed by atoms with Crippen molar-refractivity contribution in [3.8, 4) is 0 Å². The number of pyridine rings is 1. The van der Waals surface area contributed by atoms with Gasteiger partial charge in [0.15, 0.2) is 0 Å². The van der Waals surface area contributed by atoms with Crippen LogP contribution >= 0.6 is 0 Å². The van der Waals surface area contributed by atoms with Gasteiger partial charge in [-0.1, -0.05) is 0 Å². The van der Waals surface area contributed by atoms with E-state index in [1.165, 1.54) is 0 Å². The summed E-state index contributed by atoms with van der Waals surface area (Å²) < 4.78 is 1.69. The largest absolute Gasteiger partial charge is 0.341 e. The van der Waals surface area contributed by atoms with Gasteiger partial charge in [-0.15, -0.1) is 10.2 Å². The normalized spacial score (nSPS) is 15.3. The van der Waals surface area contributed by atoms with E-state index < -0.39 is 0 Å². The Bertz CT molecular complexity index is 959. The number of nitrogens with one attached hydrogen (secondary N) is 1. The predicted octanol–water partition coefficient (Wildman–Crippen LogP) is 2.33. The smallest absolute Gasteiger partial charge is 0.290 e. The summed E-state index contributed by atoms with van der Waals surface area (Å²) >= 11 is 0. The highest BCUT2D eigenvalue weighted by Crippen LogP contribution is 2.40. The second-order valence-corrected chi connectivity index (χ2v) is 6.74. The van der Waals surface area contributed by atoms with Crippen molar-refractivity contribution < 1.29 is 4.79 Å². The fourth-order valence-corrected chi connectivity index (χ4v) is 3.18. The van der Waals surface area contributed by atoms with Gasteiger partial charge in [-0.2, -0.15) is 0 Å². The second kappa shape index (κ2) is 5.91. The average Bonchev–Trinajstić information content (AvgIpc) is 3.31. The zero-order valence-corrected chi connectivity index (χ0v) is 14.5. The Morgan fingerprint density at radius 2 is 2.04 bits per heavy atom. The van der Waals surface area contributed by atoms with Gasteiger partial charge in [0.25, 0.3) is 11.7 Å². The molecule has 25 heavy (non-hydrogen) atoms. The number of fused-ring (bicyclic) bond motifs is 1. The molecular formula is C18H20N6O. The van der Waals surface area contributed by atoms with Crippen molar-refractivity contribution in [1.82, 2.24) is 29.9 Å². The Labute approximate surface area is 145 Å². The van der Waals surface area contributed by atoms with Gasteiger partial charge < -0.3 is 5.32 Å². The summed E-state index contributed by atoms with van der Waals surface area (Å²) in [5, 5.41) is 11.2. The number of nitrogens with zero attached hydrogens (tertiary/aromatic N) is 5. The molecule has 0 bridgehead atoms. The maximum Gasteiger partial charge on any atom is 0.290 e. The molecule has 1 aliphatic rings. The van der Waals surface area contributed by atoms with Gasteiger partial charge in [0.05, 0.1) is 11.7 Å². The summed E-state index contributed by atoms with van der Waals surface area (Å²) in [6.45, 7) is 5.84. The predicted molar refractivity (Wildman–Crippen MR) is 92.2 cm³/mol. The third-order valence-electron chi connectivity index (χ3n) is 4.53. The van der Waals surface area contributed by atoms with Gasteiger partial charge in [0, 0.05) is 17.6 Å². The molecule has 3 aromatic rings. The maximum atomic E-state index is 12.9. The van der Waals surface area contributed by atoms with Crippen molar-refractivity contribution in [3.05, 3.63) is 52.9 Å². The number of carbonyl (C=O) groups is 1. The highest BCUT2D eigenvalue weighted by atomic mass is 16.2. The SMILES string of the molecule is Cc1ccnc([C@H](NC(=O)c2nnc3nc(C)cc(C)n23)C2CC2)c1. The van der Waals surface area contributed by atoms with Crippen molar-refractivity contribution in [2.75, 3.05) is 0 Å². The number of rotatable bonds is 4. The van der Waals surface area contributed by atoms with E-state index in [9.17, 15) is 4.79 Å². The topological polar surface area (TPSA) is 85.1 Å². The fraction of sp³-hybridized carbons (Fsp3) is 0.389. The van der Waals surface area contributed by atoms with Crippen LogP contribution in [0.15, 0.2) is 24.4 Å². The van der Waals surface area contributed by atoms with Crippen LogP contribution in [0.4, 0.5) is 0 Å². The van der Waals surface area contributed by atoms with Crippen LogP contribution in [0.5, 0.6) is 0 Å². The lowest BCUT2D eigenvalue weighted by Crippen LogP contribution is -2.32. The van der Waals surface area contributed by atoms with Crippen LogP contribution in [0.25, 0.3) is 5.78 Å². The Kier molecular flexibility index (Phi) is 3.71. The molecule has 1 aliphatic carbocycles. The molecule has 1 amide bonds. The Balaban J connectivity index is 1.67. The molecule has 1 saturated carbocycles. The van der Waals surface area contributed by atoms with E-state index in [0.29, 0.717) is 11.7 Å². The van der Waals surface area contributed by atoms with Crippen LogP contribution < -0.4 is 5.32 Å². The zero-order valence-electron chi connectivity index (χ0n) is 14.5. The van der Waals surface area contributed by atoms with E-state index in [2.05, 4.69) is 25.5 Å². The van der Waals surface area contributed by atoms with Crippen molar-refractivity contribution >= 4 is 11.7 Å². The molecule has 0 aromatic carbocycles. The molecule has 7 heteroatoms. The van der Waals surface area contributed by atoms with Gasteiger partial charge in [-0.05, 0) is 63.3 Å². The Morgan fingerprint density at radius 3 is 2.76 bits per heavy atom. The standard InChI is InChI=1S/C18H20N6O/c1-10-6-7-19-14(8-10)15(13-4-5-13)21-17(25)16-22-23-18-20-11(2)9-12(3)24(16)18/h6-9,13,15H,4-5H2,1-3H3,(H,21,25)/t15-/m1/s1. The van der Waals surface area contributed by atoms with Crippen molar-refractivity contribution in [3.63, 3.8) is 0 Å². The third-order valence-corrected chi connectivity index (χ3v) is 4.53. The van der Waals surface area contributed by atoms with Crippen molar-refractivity contribution in [1.29, 1.82) is 0 Å². The van der Waals surface area contributed by atoms with Crippen molar-refractivity contribution in [2.45, 2.75) is 39.7 Å². The minimum absolute atomic E-state index is 0.0986. The van der Waals surface area contributed by atoms with Gasteiger partial charge >= 0.3 is 0 Å². The maximum absolute atomic E-state index is 12.9. The number of aromatic nitrogens is 5. The minimum atomic E-state index is -0.249. The highest BCUT2D eigenvalue weighted by Gasteiger charge is 2.35. The number of hydrogen-bond acceptors (Lipinski definition) is 5. The van der Waals surface area contributed by atoms with Gasteiger partial charge in [-0.25, -0.2) is 4.98 Å². The van der Waals surface area contributed by atoms with Gasteiger partial charge in [0.2, 0.25) is 5.82 Å². The van der Waals surface area contributed by atoms with E-state index in [4.69, 9.17) is 0 Å². The second-order valence-electron chi connectivity index (χ2n) is 6.74. The Hall–Kier alpha value is -2.83. The molecule has 1 atom stereocenters. The van der Waals surface area contributed by atoms with Crippen molar-refractivity contribution in [2.24, 2.45) is 5.92 Å². The molecule has 0 aliphatic heterocycles. The first-order chi connectivity index (χ1) is 12.0. The number of carbonyl (C=O) groups excluding carboxylic acids is 1. The molecule has 7 nitrogen and oxygen atoms in total. The summed E-state index contributed by atoms with van der Waals surface area (Å²) in [7, 11) is 0. The molecule has 3 heterocycles. The molecule has 3 aromatic heterocycles. The average molecular weight is 336 g/mol. The first kappa shape index (κ1) is 15.7. The first-order valence-electron chi connectivity index (χ1n) is 8.46. The van der Waals surface area contributed by atoms with Crippen LogP contribution in [-0.4, -0.2) is 30.5 Å². The van der Waals surface area contributed by atoms with E-state index >= 15 is 0 Å². The van der Waals surface area contributed by atoms with Crippen LogP contribution in [0.1, 0.15) is 52.1 Å². The van der Waals surface area contributed by atoms with Crippen LogP contribution in [0.3, 0.4) is 0 Å². The van der Waals surface area contributed by atoms with E-state index in [0.717, 1.165) is 35.5 Å². The first-order valence-corrected chi connectivity index (χ1v) is 8.46. The summed E-state index contributed by atoms with van der Waals surface area (Å²) in [4.78, 5) is 21.7. The number of hydrogen-bond donors (Lipinski definition) is 1. The Morgan fingerprint density at radius 1 is 1.24 bits per heavy atom. The minimum Gasteiger partial charge on any atom is -0.341 e. The quantitative estimate of drug-likeness (QED) is 0.790. The summed E-state index contributed by atoms with van der Waals surface area (Å²) in [6, 6.07) is 5.80. The number of amides is 1. The molecule has 0 saturated heterocycles. The monoisotopic (exact) mass is 336 g/mol.